The molecular formula is C13H14FN3O3. The smallest absolute Gasteiger partial charge is 0.244 e. The predicted molar refractivity (Wildman–Crippen MR) is 66.3 cm³/mol. The number of benzene rings is 1. The van der Waals surface area contributed by atoms with Gasteiger partial charge in [0.25, 0.3) is 0 Å². The van der Waals surface area contributed by atoms with Crippen LogP contribution in [0.1, 0.15) is 29.3 Å². The van der Waals surface area contributed by atoms with E-state index in [1.165, 1.54) is 17.0 Å². The molecule has 2 heterocycles. The van der Waals surface area contributed by atoms with Crippen LogP contribution in [0.4, 0.5) is 4.39 Å². The standard InChI is InChI=1S/C13H14FN3O3/c14-8-2-1-6(4-15)11-7(8)5-17(13(11)20)9-3-10(18)16-12(9)19/h1-2,9,13,20H,3-5,15H2,(H,16,18,19). The fourth-order valence-corrected chi connectivity index (χ4v) is 2.87. The molecule has 2 aliphatic heterocycles. The van der Waals surface area contributed by atoms with Gasteiger partial charge in [-0.2, -0.15) is 0 Å². The Hall–Kier alpha value is -1.83. The van der Waals surface area contributed by atoms with E-state index >= 15 is 0 Å². The Morgan fingerprint density at radius 2 is 2.20 bits per heavy atom. The highest BCUT2D eigenvalue weighted by Gasteiger charge is 2.43. The molecule has 6 nitrogen and oxygen atoms in total. The summed E-state index contributed by atoms with van der Waals surface area (Å²) in [6.07, 6.45) is -1.15. The number of aliphatic hydroxyl groups is 1. The van der Waals surface area contributed by atoms with Gasteiger partial charge in [0.15, 0.2) is 0 Å². The summed E-state index contributed by atoms with van der Waals surface area (Å²) in [4.78, 5) is 24.4. The Bertz CT molecular complexity index is 605. The Labute approximate surface area is 114 Å². The van der Waals surface area contributed by atoms with E-state index in [1.54, 1.807) is 0 Å². The molecule has 3 rings (SSSR count). The molecule has 2 aliphatic rings. The zero-order valence-electron chi connectivity index (χ0n) is 10.6. The van der Waals surface area contributed by atoms with E-state index in [2.05, 4.69) is 5.32 Å². The van der Waals surface area contributed by atoms with Crippen LogP contribution in [0.3, 0.4) is 0 Å². The van der Waals surface area contributed by atoms with E-state index in [0.717, 1.165) is 0 Å². The van der Waals surface area contributed by atoms with Crippen molar-refractivity contribution in [3.63, 3.8) is 0 Å². The lowest BCUT2D eigenvalue weighted by Crippen LogP contribution is -2.39. The van der Waals surface area contributed by atoms with Gasteiger partial charge in [-0.1, -0.05) is 6.07 Å². The molecule has 20 heavy (non-hydrogen) atoms. The van der Waals surface area contributed by atoms with E-state index < -0.39 is 24.0 Å². The number of aliphatic hydroxyl groups excluding tert-OH is 1. The summed E-state index contributed by atoms with van der Waals surface area (Å²) >= 11 is 0. The number of rotatable bonds is 2. The number of hydrogen-bond acceptors (Lipinski definition) is 5. The maximum atomic E-state index is 13.9. The van der Waals surface area contributed by atoms with Crippen molar-refractivity contribution in [3.05, 3.63) is 34.6 Å². The largest absolute Gasteiger partial charge is 0.374 e. The number of imide groups is 1. The molecule has 0 aliphatic carbocycles. The first-order valence-electron chi connectivity index (χ1n) is 6.30. The summed E-state index contributed by atoms with van der Waals surface area (Å²) in [5, 5.41) is 12.5. The predicted octanol–water partition coefficient (Wildman–Crippen LogP) is -0.494. The first-order valence-corrected chi connectivity index (χ1v) is 6.30. The molecule has 0 radical (unpaired) electrons. The van der Waals surface area contributed by atoms with E-state index in [4.69, 9.17) is 5.73 Å². The average molecular weight is 279 g/mol. The summed E-state index contributed by atoms with van der Waals surface area (Å²) in [6, 6.07) is 2.06. The minimum absolute atomic E-state index is 0.0243. The molecule has 0 bridgehead atoms. The van der Waals surface area contributed by atoms with Crippen molar-refractivity contribution in [3.8, 4) is 0 Å². The third-order valence-corrected chi connectivity index (χ3v) is 3.87. The summed E-state index contributed by atoms with van der Waals surface area (Å²) in [7, 11) is 0. The van der Waals surface area contributed by atoms with Crippen LogP contribution in [0.15, 0.2) is 12.1 Å². The van der Waals surface area contributed by atoms with Gasteiger partial charge >= 0.3 is 0 Å². The lowest BCUT2D eigenvalue weighted by atomic mass is 10.0. The lowest BCUT2D eigenvalue weighted by Gasteiger charge is -2.25. The van der Waals surface area contributed by atoms with Crippen LogP contribution >= 0.6 is 0 Å². The van der Waals surface area contributed by atoms with Gasteiger partial charge in [0, 0.05) is 24.2 Å². The fraction of sp³-hybridized carbons (Fsp3) is 0.385. The van der Waals surface area contributed by atoms with Crippen LogP contribution in [0.2, 0.25) is 0 Å². The Balaban J connectivity index is 1.98. The minimum atomic E-state index is -1.12. The van der Waals surface area contributed by atoms with Gasteiger partial charge in [-0.25, -0.2) is 4.39 Å². The highest BCUT2D eigenvalue weighted by molar-refractivity contribution is 6.05. The maximum Gasteiger partial charge on any atom is 0.244 e. The SMILES string of the molecule is NCc1ccc(F)c2c1C(O)N(C1CC(=O)NC1=O)C2. The van der Waals surface area contributed by atoms with Gasteiger partial charge in [-0.3, -0.25) is 19.8 Å². The first-order chi connectivity index (χ1) is 9.52. The topological polar surface area (TPSA) is 95.7 Å². The molecule has 2 amide bonds. The van der Waals surface area contributed by atoms with Crippen molar-refractivity contribution in [1.82, 2.24) is 10.2 Å². The number of nitrogens with zero attached hydrogens (tertiary/aromatic N) is 1. The van der Waals surface area contributed by atoms with Crippen LogP contribution in [-0.4, -0.2) is 27.9 Å². The molecule has 0 spiro atoms. The van der Waals surface area contributed by atoms with Gasteiger partial charge < -0.3 is 10.8 Å². The monoisotopic (exact) mass is 279 g/mol. The van der Waals surface area contributed by atoms with Crippen molar-refractivity contribution >= 4 is 11.8 Å². The lowest BCUT2D eigenvalue weighted by molar-refractivity contribution is -0.129. The van der Waals surface area contributed by atoms with Crippen LogP contribution < -0.4 is 11.1 Å². The molecule has 0 aromatic heterocycles. The highest BCUT2D eigenvalue weighted by atomic mass is 19.1. The van der Waals surface area contributed by atoms with Gasteiger partial charge in [0.2, 0.25) is 11.8 Å². The van der Waals surface area contributed by atoms with Gasteiger partial charge in [0.05, 0.1) is 6.42 Å². The van der Waals surface area contributed by atoms with E-state index in [-0.39, 0.29) is 25.4 Å². The maximum absolute atomic E-state index is 13.9. The van der Waals surface area contributed by atoms with Crippen molar-refractivity contribution in [2.75, 3.05) is 0 Å². The molecule has 4 N–H and O–H groups in total. The summed E-state index contributed by atoms with van der Waals surface area (Å²) in [5.41, 5.74) is 6.99. The average Bonchev–Trinajstić information content (AvgIpc) is 2.92. The zero-order valence-corrected chi connectivity index (χ0v) is 10.6. The fourth-order valence-electron chi connectivity index (χ4n) is 2.87. The van der Waals surface area contributed by atoms with Gasteiger partial charge in [-0.05, 0) is 11.6 Å². The van der Waals surface area contributed by atoms with Gasteiger partial charge in [-0.15, -0.1) is 0 Å². The molecule has 2 atom stereocenters. The summed E-state index contributed by atoms with van der Waals surface area (Å²) in [5.74, 6) is -1.29. The van der Waals surface area contributed by atoms with Crippen molar-refractivity contribution in [1.29, 1.82) is 0 Å². The van der Waals surface area contributed by atoms with Crippen molar-refractivity contribution in [2.24, 2.45) is 5.73 Å². The number of carbonyl (C=O) groups is 2. The van der Waals surface area contributed by atoms with E-state index in [0.29, 0.717) is 16.7 Å². The second-order valence-corrected chi connectivity index (χ2v) is 4.98. The zero-order chi connectivity index (χ0) is 14.4. The molecule has 7 heteroatoms. The summed E-state index contributed by atoms with van der Waals surface area (Å²) < 4.78 is 13.9. The Kier molecular flexibility index (Phi) is 3.04. The van der Waals surface area contributed by atoms with Crippen molar-refractivity contribution in [2.45, 2.75) is 31.8 Å². The van der Waals surface area contributed by atoms with E-state index in [1.807, 2.05) is 0 Å². The van der Waals surface area contributed by atoms with Crippen molar-refractivity contribution < 1.29 is 19.1 Å². The van der Waals surface area contributed by atoms with Gasteiger partial charge in [0.1, 0.15) is 18.1 Å². The Morgan fingerprint density at radius 3 is 2.80 bits per heavy atom. The van der Waals surface area contributed by atoms with E-state index in [9.17, 15) is 19.1 Å². The molecular weight excluding hydrogens is 265 g/mol. The number of nitrogens with two attached hydrogens (primary N) is 1. The molecule has 1 saturated heterocycles. The van der Waals surface area contributed by atoms with Crippen LogP contribution in [0, 0.1) is 5.82 Å². The third kappa shape index (κ3) is 1.82. The molecule has 106 valence electrons. The number of hydrogen-bond donors (Lipinski definition) is 3. The van der Waals surface area contributed by atoms with Crippen LogP contribution in [0.25, 0.3) is 0 Å². The summed E-state index contributed by atoms with van der Waals surface area (Å²) in [6.45, 7) is 0.255. The molecule has 1 aromatic carbocycles. The van der Waals surface area contributed by atoms with Crippen LogP contribution in [0.5, 0.6) is 0 Å². The number of halogens is 1. The molecule has 0 saturated carbocycles. The Morgan fingerprint density at radius 1 is 1.45 bits per heavy atom. The number of amides is 2. The minimum Gasteiger partial charge on any atom is -0.374 e. The number of carbonyl (C=O) groups excluding carboxylic acids is 2. The quantitative estimate of drug-likeness (QED) is 0.635. The molecule has 1 aromatic rings. The normalized spacial score (nSPS) is 25.9. The second kappa shape index (κ2) is 4.62. The third-order valence-electron chi connectivity index (χ3n) is 3.87. The molecule has 2 unspecified atom stereocenters. The highest BCUT2D eigenvalue weighted by Crippen LogP contribution is 2.38. The molecule has 1 fully saturated rings. The number of nitrogens with one attached hydrogen (secondary N) is 1. The first kappa shape index (κ1) is 13.2. The number of fused-ring (bicyclic) bond motifs is 1. The second-order valence-electron chi connectivity index (χ2n) is 4.98. The van der Waals surface area contributed by atoms with Crippen LogP contribution in [-0.2, 0) is 22.7 Å².